The van der Waals surface area contributed by atoms with Crippen molar-refractivity contribution in [2.24, 2.45) is 0 Å². The molecule has 0 saturated heterocycles. The van der Waals surface area contributed by atoms with Gasteiger partial charge in [-0.25, -0.2) is 4.39 Å². The van der Waals surface area contributed by atoms with Gasteiger partial charge in [0.05, 0.1) is 12.7 Å². The van der Waals surface area contributed by atoms with E-state index < -0.39 is 17.6 Å². The summed E-state index contributed by atoms with van der Waals surface area (Å²) in [5.74, 6) is -0.637. The van der Waals surface area contributed by atoms with Gasteiger partial charge in [0.15, 0.2) is 0 Å². The number of hydrogen-bond acceptors (Lipinski definition) is 1. The largest absolute Gasteiger partial charge is 0.497 e. The highest BCUT2D eigenvalue weighted by Crippen LogP contribution is 2.37. The van der Waals surface area contributed by atoms with Crippen LogP contribution in [0.2, 0.25) is 0 Å². The van der Waals surface area contributed by atoms with Gasteiger partial charge in [-0.1, -0.05) is 6.07 Å². The van der Waals surface area contributed by atoms with E-state index in [1.54, 1.807) is 26.0 Å². The summed E-state index contributed by atoms with van der Waals surface area (Å²) in [6.45, 7) is 3.56. The second kappa shape index (κ2) is 5.39. The fourth-order valence-electron chi connectivity index (χ4n) is 2.39. The monoisotopic (exact) mass is 298 g/mol. The topological polar surface area (TPSA) is 9.23 Å². The summed E-state index contributed by atoms with van der Waals surface area (Å²) < 4.78 is 56.9. The molecule has 0 amide bonds. The van der Waals surface area contributed by atoms with Crippen LogP contribution in [0.5, 0.6) is 5.75 Å². The fourth-order valence-corrected chi connectivity index (χ4v) is 2.39. The maximum absolute atomic E-state index is 13.4. The van der Waals surface area contributed by atoms with E-state index in [0.717, 1.165) is 23.3 Å². The van der Waals surface area contributed by atoms with Crippen molar-refractivity contribution in [2.45, 2.75) is 20.0 Å². The van der Waals surface area contributed by atoms with Gasteiger partial charge in [-0.05, 0) is 60.4 Å². The Morgan fingerprint density at radius 3 is 2.00 bits per heavy atom. The summed E-state index contributed by atoms with van der Waals surface area (Å²) in [5.41, 5.74) is 1.27. The first-order valence-electron chi connectivity index (χ1n) is 6.26. The van der Waals surface area contributed by atoms with Crippen molar-refractivity contribution in [1.82, 2.24) is 0 Å². The average Bonchev–Trinajstić information content (AvgIpc) is 2.38. The molecule has 0 N–H and O–H groups in total. The van der Waals surface area contributed by atoms with Crippen LogP contribution in [0.25, 0.3) is 11.1 Å². The number of hydrogen-bond donors (Lipinski definition) is 0. The predicted octanol–water partition coefficient (Wildman–Crippen LogP) is 5.14. The number of rotatable bonds is 2. The Kier molecular flexibility index (Phi) is 3.94. The predicted molar refractivity (Wildman–Crippen MR) is 72.9 cm³/mol. The van der Waals surface area contributed by atoms with Gasteiger partial charge in [-0.3, -0.25) is 0 Å². The van der Waals surface area contributed by atoms with Gasteiger partial charge in [0.1, 0.15) is 11.6 Å². The van der Waals surface area contributed by atoms with E-state index in [9.17, 15) is 17.6 Å². The first-order valence-corrected chi connectivity index (χ1v) is 6.26. The molecular weight excluding hydrogens is 284 g/mol. The van der Waals surface area contributed by atoms with E-state index in [1.165, 1.54) is 13.2 Å². The van der Waals surface area contributed by atoms with Gasteiger partial charge < -0.3 is 4.74 Å². The molecule has 0 aromatic heterocycles. The maximum atomic E-state index is 13.4. The van der Waals surface area contributed by atoms with E-state index >= 15 is 0 Å². The summed E-state index contributed by atoms with van der Waals surface area (Å²) in [5, 5.41) is 0. The number of benzene rings is 2. The molecule has 112 valence electrons. The maximum Gasteiger partial charge on any atom is 0.419 e. The molecule has 5 heteroatoms. The fraction of sp³-hybridized carbons (Fsp3) is 0.250. The summed E-state index contributed by atoms with van der Waals surface area (Å²) in [6, 6.07) is 6.52. The summed E-state index contributed by atoms with van der Waals surface area (Å²) in [4.78, 5) is 0. The standard InChI is InChI=1S/C16H14F4O/c1-9-6-12(21-3)7-10(2)15(9)11-4-5-14(17)13(8-11)16(18,19)20/h4-8H,1-3H3. The molecule has 2 rings (SSSR count). The van der Waals surface area contributed by atoms with E-state index in [0.29, 0.717) is 16.9 Å². The minimum atomic E-state index is -4.71. The molecule has 2 aromatic rings. The summed E-state index contributed by atoms with van der Waals surface area (Å²) in [7, 11) is 1.52. The van der Waals surface area contributed by atoms with Crippen LogP contribution in [0, 0.1) is 19.7 Å². The van der Waals surface area contributed by atoms with E-state index in [2.05, 4.69) is 0 Å². The van der Waals surface area contributed by atoms with Crippen molar-refractivity contribution in [3.05, 3.63) is 52.8 Å². The lowest BCUT2D eigenvalue weighted by molar-refractivity contribution is -0.139. The molecule has 0 atom stereocenters. The van der Waals surface area contributed by atoms with Crippen molar-refractivity contribution in [3.8, 4) is 16.9 Å². The van der Waals surface area contributed by atoms with E-state index in [1.807, 2.05) is 0 Å². The van der Waals surface area contributed by atoms with Crippen LogP contribution in [0.4, 0.5) is 17.6 Å². The molecule has 0 fully saturated rings. The van der Waals surface area contributed by atoms with Crippen LogP contribution in [-0.4, -0.2) is 7.11 Å². The van der Waals surface area contributed by atoms with Crippen molar-refractivity contribution in [1.29, 1.82) is 0 Å². The average molecular weight is 298 g/mol. The quantitative estimate of drug-likeness (QED) is 0.698. The number of ether oxygens (including phenoxy) is 1. The minimum absolute atomic E-state index is 0.335. The second-order valence-electron chi connectivity index (χ2n) is 4.83. The van der Waals surface area contributed by atoms with Crippen molar-refractivity contribution in [2.75, 3.05) is 7.11 Å². The molecule has 0 saturated carbocycles. The first kappa shape index (κ1) is 15.4. The molecule has 0 spiro atoms. The zero-order chi connectivity index (χ0) is 15.8. The smallest absolute Gasteiger partial charge is 0.419 e. The second-order valence-corrected chi connectivity index (χ2v) is 4.83. The van der Waals surface area contributed by atoms with Crippen molar-refractivity contribution < 1.29 is 22.3 Å². The molecule has 0 aliphatic rings. The molecule has 0 aliphatic heterocycles. The highest BCUT2D eigenvalue weighted by Gasteiger charge is 2.34. The van der Waals surface area contributed by atoms with Crippen LogP contribution >= 0.6 is 0 Å². The number of alkyl halides is 3. The molecule has 0 bridgehead atoms. The molecule has 0 radical (unpaired) electrons. The highest BCUT2D eigenvalue weighted by molar-refractivity contribution is 5.72. The van der Waals surface area contributed by atoms with E-state index in [4.69, 9.17) is 4.74 Å². The van der Waals surface area contributed by atoms with Gasteiger partial charge >= 0.3 is 6.18 Å². The lowest BCUT2D eigenvalue weighted by Gasteiger charge is -2.15. The van der Waals surface area contributed by atoms with Crippen LogP contribution in [-0.2, 0) is 6.18 Å². The van der Waals surface area contributed by atoms with Crippen LogP contribution in [0.3, 0.4) is 0 Å². The van der Waals surface area contributed by atoms with Crippen LogP contribution in [0.15, 0.2) is 30.3 Å². The SMILES string of the molecule is COc1cc(C)c(-c2ccc(F)c(C(F)(F)F)c2)c(C)c1. The van der Waals surface area contributed by atoms with Crippen LogP contribution < -0.4 is 4.74 Å². The first-order chi connectivity index (χ1) is 9.74. The zero-order valence-electron chi connectivity index (χ0n) is 11.8. The highest BCUT2D eigenvalue weighted by atomic mass is 19.4. The molecule has 1 nitrogen and oxygen atoms in total. The lowest BCUT2D eigenvalue weighted by Crippen LogP contribution is -2.08. The van der Waals surface area contributed by atoms with Gasteiger partial charge in [0.2, 0.25) is 0 Å². The third kappa shape index (κ3) is 3.01. The molecule has 0 heterocycles. The summed E-state index contributed by atoms with van der Waals surface area (Å²) in [6.07, 6.45) is -4.71. The minimum Gasteiger partial charge on any atom is -0.497 e. The van der Waals surface area contributed by atoms with E-state index in [-0.39, 0.29) is 0 Å². The Balaban J connectivity index is 2.63. The third-order valence-corrected chi connectivity index (χ3v) is 3.30. The Morgan fingerprint density at radius 2 is 1.52 bits per heavy atom. The molecule has 0 aliphatic carbocycles. The number of halogens is 4. The molecule has 21 heavy (non-hydrogen) atoms. The van der Waals surface area contributed by atoms with Gasteiger partial charge in [-0.15, -0.1) is 0 Å². The van der Waals surface area contributed by atoms with Crippen LogP contribution in [0.1, 0.15) is 16.7 Å². The van der Waals surface area contributed by atoms with Gasteiger partial charge in [0.25, 0.3) is 0 Å². The Morgan fingerprint density at radius 1 is 0.952 bits per heavy atom. The molecule has 2 aromatic carbocycles. The molecule has 0 unspecified atom stereocenters. The lowest BCUT2D eigenvalue weighted by atomic mass is 9.94. The number of methoxy groups -OCH3 is 1. The van der Waals surface area contributed by atoms with Crippen molar-refractivity contribution >= 4 is 0 Å². The Labute approximate surface area is 120 Å². The normalized spacial score (nSPS) is 11.6. The van der Waals surface area contributed by atoms with Crippen molar-refractivity contribution in [3.63, 3.8) is 0 Å². The zero-order valence-corrected chi connectivity index (χ0v) is 11.8. The third-order valence-electron chi connectivity index (χ3n) is 3.30. The number of aryl methyl sites for hydroxylation is 2. The Bertz CT molecular complexity index is 651. The molecular formula is C16H14F4O. The Hall–Kier alpha value is -2.04. The van der Waals surface area contributed by atoms with Gasteiger partial charge in [-0.2, -0.15) is 13.2 Å². The summed E-state index contributed by atoms with van der Waals surface area (Å²) >= 11 is 0. The van der Waals surface area contributed by atoms with Gasteiger partial charge in [0, 0.05) is 0 Å².